The molecule has 1 aromatic carbocycles. The van der Waals surface area contributed by atoms with E-state index in [-0.39, 0.29) is 0 Å². The van der Waals surface area contributed by atoms with Crippen LogP contribution in [0.25, 0.3) is 0 Å². The molecule has 0 aromatic heterocycles. The third-order valence-electron chi connectivity index (χ3n) is 1.21. The Morgan fingerprint density at radius 3 is 2.69 bits per heavy atom. The molecule has 0 fully saturated rings. The van der Waals surface area contributed by atoms with Crippen molar-refractivity contribution in [1.82, 2.24) is 0 Å². The van der Waals surface area contributed by atoms with Crippen molar-refractivity contribution >= 4 is 11.4 Å². The smallest absolute Gasteiger partial charge is 0.360 e. The van der Waals surface area contributed by atoms with Crippen LogP contribution in [0.3, 0.4) is 0 Å². The van der Waals surface area contributed by atoms with Crippen molar-refractivity contribution in [2.45, 2.75) is 0 Å². The SMILES string of the molecule is COS(=O)Oc1cccc(F)c1F. The van der Waals surface area contributed by atoms with Crippen LogP contribution in [0.5, 0.6) is 5.75 Å². The molecule has 0 aliphatic rings. The third kappa shape index (κ3) is 2.46. The quantitative estimate of drug-likeness (QED) is 0.756. The van der Waals surface area contributed by atoms with E-state index in [1.165, 1.54) is 6.07 Å². The molecule has 0 heterocycles. The lowest BCUT2D eigenvalue weighted by Crippen LogP contribution is -2.03. The van der Waals surface area contributed by atoms with E-state index >= 15 is 0 Å². The average Bonchev–Trinajstić information content (AvgIpc) is 2.13. The van der Waals surface area contributed by atoms with Gasteiger partial charge in [-0.05, 0) is 12.1 Å². The van der Waals surface area contributed by atoms with Gasteiger partial charge in [-0.1, -0.05) is 6.07 Å². The molecular weight excluding hydrogens is 202 g/mol. The van der Waals surface area contributed by atoms with Crippen molar-refractivity contribution in [2.24, 2.45) is 0 Å². The first kappa shape index (κ1) is 10.1. The summed E-state index contributed by atoms with van der Waals surface area (Å²) in [5, 5.41) is 0. The summed E-state index contributed by atoms with van der Waals surface area (Å²) in [6.45, 7) is 0. The second-order valence-corrected chi connectivity index (χ2v) is 2.91. The van der Waals surface area contributed by atoms with Gasteiger partial charge in [0.25, 0.3) is 0 Å². The predicted octanol–water partition coefficient (Wildman–Crippen LogP) is 1.57. The molecule has 0 bridgehead atoms. The van der Waals surface area contributed by atoms with Crippen LogP contribution in [0.15, 0.2) is 18.2 Å². The van der Waals surface area contributed by atoms with Crippen LogP contribution in [0, 0.1) is 11.6 Å². The molecule has 1 atom stereocenters. The van der Waals surface area contributed by atoms with Gasteiger partial charge >= 0.3 is 11.4 Å². The molecule has 0 amide bonds. The van der Waals surface area contributed by atoms with Gasteiger partial charge in [-0.2, -0.15) is 8.60 Å². The molecule has 0 radical (unpaired) electrons. The van der Waals surface area contributed by atoms with Gasteiger partial charge in [-0.3, -0.25) is 4.18 Å². The first-order valence-corrected chi connectivity index (χ1v) is 4.23. The van der Waals surface area contributed by atoms with Crippen molar-refractivity contribution in [3.63, 3.8) is 0 Å². The Labute approximate surface area is 76.1 Å². The summed E-state index contributed by atoms with van der Waals surface area (Å²) in [5.41, 5.74) is 0. The topological polar surface area (TPSA) is 35.5 Å². The molecule has 0 saturated carbocycles. The second kappa shape index (κ2) is 4.29. The van der Waals surface area contributed by atoms with Gasteiger partial charge in [0.1, 0.15) is 0 Å². The molecule has 0 saturated heterocycles. The summed E-state index contributed by atoms with van der Waals surface area (Å²) in [4.78, 5) is 0. The van der Waals surface area contributed by atoms with E-state index in [4.69, 9.17) is 0 Å². The van der Waals surface area contributed by atoms with Gasteiger partial charge in [0, 0.05) is 0 Å². The molecule has 13 heavy (non-hydrogen) atoms. The van der Waals surface area contributed by atoms with E-state index in [2.05, 4.69) is 8.37 Å². The fourth-order valence-electron chi connectivity index (χ4n) is 0.656. The zero-order chi connectivity index (χ0) is 9.84. The van der Waals surface area contributed by atoms with Gasteiger partial charge in [0.15, 0.2) is 11.6 Å². The van der Waals surface area contributed by atoms with Crippen LogP contribution in [0.2, 0.25) is 0 Å². The Hall–Kier alpha value is -1.01. The Bertz CT molecular complexity index is 330. The summed E-state index contributed by atoms with van der Waals surface area (Å²) in [7, 11) is 1.12. The minimum atomic E-state index is -2.10. The molecular formula is C7H6F2O3S. The first-order valence-electron chi connectivity index (χ1n) is 3.23. The van der Waals surface area contributed by atoms with Crippen LogP contribution >= 0.6 is 0 Å². The number of hydrogen-bond acceptors (Lipinski definition) is 3. The molecule has 0 spiro atoms. The lowest BCUT2D eigenvalue weighted by Gasteiger charge is -2.02. The highest BCUT2D eigenvalue weighted by Crippen LogP contribution is 2.19. The summed E-state index contributed by atoms with van der Waals surface area (Å²) in [6, 6.07) is 3.31. The van der Waals surface area contributed by atoms with Crippen LogP contribution < -0.4 is 4.18 Å². The third-order valence-corrected chi connectivity index (χ3v) is 1.80. The zero-order valence-electron chi connectivity index (χ0n) is 6.62. The van der Waals surface area contributed by atoms with Crippen molar-refractivity contribution in [2.75, 3.05) is 7.11 Å². The van der Waals surface area contributed by atoms with E-state index in [9.17, 15) is 13.0 Å². The molecule has 0 aliphatic carbocycles. The highest BCUT2D eigenvalue weighted by molar-refractivity contribution is 7.75. The molecule has 6 heteroatoms. The van der Waals surface area contributed by atoms with E-state index in [1.807, 2.05) is 0 Å². The maximum absolute atomic E-state index is 12.8. The van der Waals surface area contributed by atoms with Crippen LogP contribution in [0.1, 0.15) is 0 Å². The molecule has 1 aromatic rings. The minimum Gasteiger partial charge on any atom is -0.377 e. The van der Waals surface area contributed by atoms with Crippen LogP contribution in [0.4, 0.5) is 8.78 Å². The Morgan fingerprint density at radius 1 is 1.38 bits per heavy atom. The van der Waals surface area contributed by atoms with Crippen LogP contribution in [-0.2, 0) is 15.5 Å². The number of halogens is 2. The molecule has 0 aliphatic heterocycles. The fraction of sp³-hybridized carbons (Fsp3) is 0.143. The maximum atomic E-state index is 12.8. The standard InChI is InChI=1S/C7H6F2O3S/c1-11-13(10)12-6-4-2-3-5(8)7(6)9/h2-4H,1H3. The van der Waals surface area contributed by atoms with Crippen molar-refractivity contribution < 1.29 is 21.4 Å². The van der Waals surface area contributed by atoms with Gasteiger partial charge in [-0.25, -0.2) is 4.39 Å². The van der Waals surface area contributed by atoms with E-state index in [0.29, 0.717) is 0 Å². The number of benzene rings is 1. The summed E-state index contributed by atoms with van der Waals surface area (Å²) < 4.78 is 44.6. The Morgan fingerprint density at radius 2 is 2.08 bits per heavy atom. The average molecular weight is 208 g/mol. The lowest BCUT2D eigenvalue weighted by atomic mass is 10.3. The first-order chi connectivity index (χ1) is 6.15. The molecule has 0 N–H and O–H groups in total. The van der Waals surface area contributed by atoms with E-state index in [0.717, 1.165) is 19.2 Å². The van der Waals surface area contributed by atoms with E-state index < -0.39 is 28.7 Å². The molecule has 1 rings (SSSR count). The number of rotatable bonds is 3. The highest BCUT2D eigenvalue weighted by atomic mass is 32.2. The summed E-state index contributed by atoms with van der Waals surface area (Å²) in [5.74, 6) is -2.70. The van der Waals surface area contributed by atoms with Gasteiger partial charge in [0.2, 0.25) is 5.82 Å². The number of hydrogen-bond donors (Lipinski definition) is 0. The molecule has 72 valence electrons. The molecule has 1 unspecified atom stereocenters. The van der Waals surface area contributed by atoms with Crippen LogP contribution in [-0.4, -0.2) is 11.3 Å². The zero-order valence-corrected chi connectivity index (χ0v) is 7.44. The van der Waals surface area contributed by atoms with Gasteiger partial charge in [-0.15, -0.1) is 0 Å². The molecule has 3 nitrogen and oxygen atoms in total. The van der Waals surface area contributed by atoms with Crippen molar-refractivity contribution in [3.8, 4) is 5.75 Å². The van der Waals surface area contributed by atoms with Crippen molar-refractivity contribution in [3.05, 3.63) is 29.8 Å². The fourth-order valence-corrected chi connectivity index (χ4v) is 0.999. The predicted molar refractivity (Wildman–Crippen MR) is 42.1 cm³/mol. The van der Waals surface area contributed by atoms with Crippen molar-refractivity contribution in [1.29, 1.82) is 0 Å². The second-order valence-electron chi connectivity index (χ2n) is 2.01. The highest BCUT2D eigenvalue weighted by Gasteiger charge is 2.11. The normalized spacial score (nSPS) is 12.5. The largest absolute Gasteiger partial charge is 0.377 e. The Balaban J connectivity index is 2.89. The maximum Gasteiger partial charge on any atom is 0.360 e. The van der Waals surface area contributed by atoms with Gasteiger partial charge in [0.05, 0.1) is 7.11 Å². The summed E-state index contributed by atoms with van der Waals surface area (Å²) in [6.07, 6.45) is 0. The van der Waals surface area contributed by atoms with Gasteiger partial charge < -0.3 is 4.18 Å². The minimum absolute atomic E-state index is 0.444. The van der Waals surface area contributed by atoms with E-state index in [1.54, 1.807) is 0 Å². The Kier molecular flexibility index (Phi) is 3.32. The monoisotopic (exact) mass is 208 g/mol. The summed E-state index contributed by atoms with van der Waals surface area (Å²) >= 11 is -2.10. The lowest BCUT2D eigenvalue weighted by molar-refractivity contribution is 0.371.